The Hall–Kier alpha value is -0.900. The molecule has 1 aliphatic heterocycles. The number of rotatable bonds is 2. The van der Waals surface area contributed by atoms with Gasteiger partial charge in [0.25, 0.3) is 0 Å². The van der Waals surface area contributed by atoms with Gasteiger partial charge in [0.15, 0.2) is 5.78 Å². The first-order valence-corrected chi connectivity index (χ1v) is 4.58. The van der Waals surface area contributed by atoms with Gasteiger partial charge in [0, 0.05) is 6.54 Å². The van der Waals surface area contributed by atoms with Crippen molar-refractivity contribution in [2.45, 2.75) is 26.3 Å². The molecular formula is C9H16N2O2. The summed E-state index contributed by atoms with van der Waals surface area (Å²) >= 11 is 0. The molecule has 1 rings (SSSR count). The van der Waals surface area contributed by atoms with E-state index in [-0.39, 0.29) is 30.2 Å². The summed E-state index contributed by atoms with van der Waals surface area (Å²) < 4.78 is 0. The second-order valence-electron chi connectivity index (χ2n) is 3.61. The zero-order chi connectivity index (χ0) is 10.0. The Labute approximate surface area is 78.1 Å². The molecule has 1 saturated heterocycles. The van der Waals surface area contributed by atoms with Gasteiger partial charge in [0.1, 0.15) is 0 Å². The van der Waals surface area contributed by atoms with E-state index in [0.29, 0.717) is 6.54 Å². The topological polar surface area (TPSA) is 63.4 Å². The van der Waals surface area contributed by atoms with Crippen LogP contribution < -0.4 is 5.73 Å². The fourth-order valence-electron chi connectivity index (χ4n) is 1.96. The van der Waals surface area contributed by atoms with Crippen LogP contribution in [0.5, 0.6) is 0 Å². The first-order chi connectivity index (χ1) is 6.07. The number of nitrogens with zero attached hydrogens (tertiary/aromatic N) is 1. The molecule has 2 N–H and O–H groups in total. The molecule has 2 atom stereocenters. The third kappa shape index (κ3) is 1.88. The molecule has 0 radical (unpaired) electrons. The van der Waals surface area contributed by atoms with Crippen LogP contribution in [0.1, 0.15) is 20.3 Å². The van der Waals surface area contributed by atoms with E-state index in [1.54, 1.807) is 4.90 Å². The van der Waals surface area contributed by atoms with Crippen LogP contribution >= 0.6 is 0 Å². The number of likely N-dealkylation sites (tertiary alicyclic amines) is 1. The largest absolute Gasteiger partial charge is 0.331 e. The highest BCUT2D eigenvalue weighted by Crippen LogP contribution is 2.24. The number of hydrogen-bond donors (Lipinski definition) is 1. The molecule has 4 heteroatoms. The lowest BCUT2D eigenvalue weighted by atomic mass is 10.00. The summed E-state index contributed by atoms with van der Waals surface area (Å²) in [6.45, 7) is 4.19. The van der Waals surface area contributed by atoms with Gasteiger partial charge in [0.2, 0.25) is 5.91 Å². The number of ketones is 1. The Kier molecular flexibility index (Phi) is 3.03. The van der Waals surface area contributed by atoms with Gasteiger partial charge in [-0.15, -0.1) is 0 Å². The van der Waals surface area contributed by atoms with Crippen LogP contribution in [-0.2, 0) is 9.59 Å². The smallest absolute Gasteiger partial charge is 0.236 e. The molecule has 1 unspecified atom stereocenters. The van der Waals surface area contributed by atoms with Crippen molar-refractivity contribution < 1.29 is 9.59 Å². The van der Waals surface area contributed by atoms with Crippen molar-refractivity contribution in [3.63, 3.8) is 0 Å². The van der Waals surface area contributed by atoms with Crippen molar-refractivity contribution in [1.29, 1.82) is 0 Å². The van der Waals surface area contributed by atoms with Crippen LogP contribution in [0.15, 0.2) is 0 Å². The Balaban J connectivity index is 2.75. The monoisotopic (exact) mass is 184 g/mol. The fourth-order valence-corrected chi connectivity index (χ4v) is 1.96. The van der Waals surface area contributed by atoms with E-state index >= 15 is 0 Å². The van der Waals surface area contributed by atoms with Crippen molar-refractivity contribution in [2.75, 3.05) is 13.1 Å². The van der Waals surface area contributed by atoms with E-state index in [0.717, 1.165) is 6.42 Å². The third-order valence-corrected chi connectivity index (χ3v) is 2.61. The molecule has 0 aromatic rings. The second kappa shape index (κ2) is 3.87. The zero-order valence-electron chi connectivity index (χ0n) is 8.12. The Morgan fingerprint density at radius 1 is 1.54 bits per heavy atom. The normalized spacial score (nSPS) is 27.8. The third-order valence-electron chi connectivity index (χ3n) is 2.61. The molecule has 0 spiro atoms. The molecule has 13 heavy (non-hydrogen) atoms. The number of carbonyl (C=O) groups is 2. The van der Waals surface area contributed by atoms with Crippen molar-refractivity contribution in [3.05, 3.63) is 0 Å². The summed E-state index contributed by atoms with van der Waals surface area (Å²) in [6.07, 6.45) is 0.899. The lowest BCUT2D eigenvalue weighted by Gasteiger charge is -2.23. The highest BCUT2D eigenvalue weighted by molar-refractivity contribution is 5.89. The molecule has 1 aliphatic rings. The van der Waals surface area contributed by atoms with Crippen molar-refractivity contribution in [1.82, 2.24) is 4.90 Å². The number of amides is 1. The van der Waals surface area contributed by atoms with Crippen LogP contribution in [-0.4, -0.2) is 35.7 Å². The van der Waals surface area contributed by atoms with Crippen LogP contribution in [0, 0.1) is 5.92 Å². The number of hydrogen-bond acceptors (Lipinski definition) is 3. The van der Waals surface area contributed by atoms with Crippen molar-refractivity contribution >= 4 is 11.7 Å². The van der Waals surface area contributed by atoms with Gasteiger partial charge in [-0.05, 0) is 19.3 Å². The maximum absolute atomic E-state index is 11.3. The Bertz CT molecular complexity index is 228. The maximum atomic E-state index is 11.3. The number of Topliss-reactive ketones (excluding diaryl/α,β-unsaturated/α-hetero) is 1. The highest BCUT2D eigenvalue weighted by atomic mass is 16.2. The van der Waals surface area contributed by atoms with Gasteiger partial charge in [-0.2, -0.15) is 0 Å². The van der Waals surface area contributed by atoms with Crippen LogP contribution in [0.4, 0.5) is 0 Å². The van der Waals surface area contributed by atoms with Crippen molar-refractivity contribution in [3.8, 4) is 0 Å². The van der Waals surface area contributed by atoms with Gasteiger partial charge in [-0.3, -0.25) is 9.59 Å². The summed E-state index contributed by atoms with van der Waals surface area (Å²) in [5.74, 6) is 0.212. The standard InChI is InChI=1S/C9H16N2O2/c1-6-3-4-11(8(13)5-10)9(6)7(2)12/h6,9H,3-5,10H2,1-2H3/t6?,9-/m0/s1. The van der Waals surface area contributed by atoms with Gasteiger partial charge in [-0.1, -0.05) is 6.92 Å². The first kappa shape index (κ1) is 10.2. The van der Waals surface area contributed by atoms with Crippen LogP contribution in [0.25, 0.3) is 0 Å². The molecule has 1 amide bonds. The van der Waals surface area contributed by atoms with Gasteiger partial charge < -0.3 is 10.6 Å². The van der Waals surface area contributed by atoms with Crippen molar-refractivity contribution in [2.24, 2.45) is 11.7 Å². The molecule has 4 nitrogen and oxygen atoms in total. The van der Waals surface area contributed by atoms with E-state index in [1.165, 1.54) is 6.92 Å². The van der Waals surface area contributed by atoms with E-state index in [9.17, 15) is 9.59 Å². The fraction of sp³-hybridized carbons (Fsp3) is 0.778. The summed E-state index contributed by atoms with van der Waals surface area (Å²) in [5, 5.41) is 0. The lowest BCUT2D eigenvalue weighted by Crippen LogP contribution is -2.44. The summed E-state index contributed by atoms with van der Waals surface area (Å²) in [7, 11) is 0. The molecule has 1 fully saturated rings. The Morgan fingerprint density at radius 3 is 2.62 bits per heavy atom. The minimum Gasteiger partial charge on any atom is -0.331 e. The first-order valence-electron chi connectivity index (χ1n) is 4.58. The number of nitrogens with two attached hydrogens (primary N) is 1. The van der Waals surface area contributed by atoms with Gasteiger partial charge >= 0.3 is 0 Å². The SMILES string of the molecule is CC(=O)[C@@H]1C(C)CCN1C(=O)CN. The summed E-state index contributed by atoms with van der Waals surface area (Å²) in [5.41, 5.74) is 5.26. The second-order valence-corrected chi connectivity index (χ2v) is 3.61. The van der Waals surface area contributed by atoms with Crippen LogP contribution in [0.2, 0.25) is 0 Å². The zero-order valence-corrected chi connectivity index (χ0v) is 8.12. The van der Waals surface area contributed by atoms with E-state index in [1.807, 2.05) is 6.92 Å². The van der Waals surface area contributed by atoms with Gasteiger partial charge in [0.05, 0.1) is 12.6 Å². The molecular weight excluding hydrogens is 168 g/mol. The number of carbonyl (C=O) groups excluding carboxylic acids is 2. The summed E-state index contributed by atoms with van der Waals surface area (Å²) in [6, 6.07) is -0.240. The molecule has 0 aliphatic carbocycles. The molecule has 0 bridgehead atoms. The minimum atomic E-state index is -0.240. The predicted octanol–water partition coefficient (Wildman–Crippen LogP) is -0.229. The predicted molar refractivity (Wildman–Crippen MR) is 49.0 cm³/mol. The van der Waals surface area contributed by atoms with E-state index in [4.69, 9.17) is 5.73 Å². The lowest BCUT2D eigenvalue weighted by molar-refractivity contribution is -0.136. The summed E-state index contributed by atoms with van der Waals surface area (Å²) in [4.78, 5) is 24.2. The maximum Gasteiger partial charge on any atom is 0.236 e. The van der Waals surface area contributed by atoms with E-state index < -0.39 is 0 Å². The van der Waals surface area contributed by atoms with Gasteiger partial charge in [-0.25, -0.2) is 0 Å². The molecule has 0 aromatic carbocycles. The molecule has 0 aromatic heterocycles. The van der Waals surface area contributed by atoms with Crippen LogP contribution in [0.3, 0.4) is 0 Å². The minimum absolute atomic E-state index is 0.00347. The molecule has 0 saturated carbocycles. The average Bonchev–Trinajstić information content (AvgIpc) is 2.45. The molecule has 74 valence electrons. The Morgan fingerprint density at radius 2 is 2.15 bits per heavy atom. The molecule has 1 heterocycles. The van der Waals surface area contributed by atoms with E-state index in [2.05, 4.69) is 0 Å². The average molecular weight is 184 g/mol. The quantitative estimate of drug-likeness (QED) is 0.645. The highest BCUT2D eigenvalue weighted by Gasteiger charge is 2.36.